The SMILES string of the molecule is CCCCC(CC)COC(=O)OCCCC#N. The number of carbonyl (C=O) groups excluding carboxylic acids is 1. The van der Waals surface area contributed by atoms with Gasteiger partial charge in [0.1, 0.15) is 0 Å². The topological polar surface area (TPSA) is 59.3 Å². The summed E-state index contributed by atoms with van der Waals surface area (Å²) in [4.78, 5) is 11.2. The van der Waals surface area contributed by atoms with Crippen LogP contribution in [0.25, 0.3) is 0 Å². The Balaban J connectivity index is 3.56. The molecule has 0 aliphatic heterocycles. The zero-order valence-electron chi connectivity index (χ0n) is 10.9. The standard InChI is InChI=1S/C13H23NO3/c1-3-5-8-12(4-2)11-17-13(15)16-10-7-6-9-14/h12H,3-8,10-11H2,1-2H3. The van der Waals surface area contributed by atoms with E-state index in [0.29, 0.717) is 25.4 Å². The van der Waals surface area contributed by atoms with Crippen molar-refractivity contribution in [1.29, 1.82) is 5.26 Å². The van der Waals surface area contributed by atoms with Crippen molar-refractivity contribution in [2.45, 2.75) is 52.4 Å². The Morgan fingerprint density at radius 3 is 2.65 bits per heavy atom. The molecule has 0 aromatic heterocycles. The molecule has 98 valence electrons. The molecule has 0 fully saturated rings. The van der Waals surface area contributed by atoms with Gasteiger partial charge in [-0.05, 0) is 18.8 Å². The molecule has 17 heavy (non-hydrogen) atoms. The van der Waals surface area contributed by atoms with Gasteiger partial charge in [-0.25, -0.2) is 4.79 Å². The van der Waals surface area contributed by atoms with Crippen molar-refractivity contribution >= 4 is 6.16 Å². The number of carbonyl (C=O) groups is 1. The van der Waals surface area contributed by atoms with E-state index in [2.05, 4.69) is 13.8 Å². The van der Waals surface area contributed by atoms with Crippen molar-refractivity contribution in [3.8, 4) is 6.07 Å². The molecule has 4 nitrogen and oxygen atoms in total. The van der Waals surface area contributed by atoms with E-state index in [0.717, 1.165) is 19.3 Å². The quantitative estimate of drug-likeness (QED) is 0.456. The van der Waals surface area contributed by atoms with Crippen LogP contribution in [0.3, 0.4) is 0 Å². The molecule has 0 rings (SSSR count). The number of nitriles is 1. The zero-order chi connectivity index (χ0) is 12.9. The molecule has 4 heteroatoms. The van der Waals surface area contributed by atoms with Gasteiger partial charge >= 0.3 is 6.16 Å². The van der Waals surface area contributed by atoms with Crippen molar-refractivity contribution in [2.75, 3.05) is 13.2 Å². The molecular weight excluding hydrogens is 218 g/mol. The van der Waals surface area contributed by atoms with E-state index in [-0.39, 0.29) is 6.61 Å². The molecule has 0 bridgehead atoms. The average molecular weight is 241 g/mol. The van der Waals surface area contributed by atoms with Crippen LogP contribution in [-0.4, -0.2) is 19.4 Å². The highest BCUT2D eigenvalue weighted by atomic mass is 16.7. The smallest absolute Gasteiger partial charge is 0.434 e. The molecule has 0 aliphatic rings. The van der Waals surface area contributed by atoms with E-state index in [1.54, 1.807) is 0 Å². The van der Waals surface area contributed by atoms with E-state index < -0.39 is 6.16 Å². The first-order chi connectivity index (χ1) is 8.24. The van der Waals surface area contributed by atoms with E-state index in [1.165, 1.54) is 6.42 Å². The van der Waals surface area contributed by atoms with Crippen molar-refractivity contribution in [1.82, 2.24) is 0 Å². The van der Waals surface area contributed by atoms with Crippen molar-refractivity contribution in [3.05, 3.63) is 0 Å². The largest absolute Gasteiger partial charge is 0.508 e. The summed E-state index contributed by atoms with van der Waals surface area (Å²) in [7, 11) is 0. The van der Waals surface area contributed by atoms with E-state index in [9.17, 15) is 4.79 Å². The second-order valence-electron chi connectivity index (χ2n) is 4.09. The monoisotopic (exact) mass is 241 g/mol. The lowest BCUT2D eigenvalue weighted by Crippen LogP contribution is -2.15. The number of nitrogens with zero attached hydrogens (tertiary/aromatic N) is 1. The average Bonchev–Trinajstić information content (AvgIpc) is 2.35. The highest BCUT2D eigenvalue weighted by molar-refractivity contribution is 5.59. The van der Waals surface area contributed by atoms with Crippen molar-refractivity contribution < 1.29 is 14.3 Å². The van der Waals surface area contributed by atoms with Gasteiger partial charge in [0.25, 0.3) is 0 Å². The van der Waals surface area contributed by atoms with Crippen LogP contribution in [-0.2, 0) is 9.47 Å². The van der Waals surface area contributed by atoms with Gasteiger partial charge in [0.05, 0.1) is 19.3 Å². The summed E-state index contributed by atoms with van der Waals surface area (Å²) in [5.74, 6) is 0.432. The molecule has 0 saturated carbocycles. The number of unbranched alkanes of at least 4 members (excludes halogenated alkanes) is 2. The highest BCUT2D eigenvalue weighted by Gasteiger charge is 2.10. The molecule has 0 heterocycles. The Kier molecular flexibility index (Phi) is 10.4. The van der Waals surface area contributed by atoms with Gasteiger partial charge in [0, 0.05) is 6.42 Å². The highest BCUT2D eigenvalue weighted by Crippen LogP contribution is 2.13. The summed E-state index contributed by atoms with van der Waals surface area (Å²) >= 11 is 0. The van der Waals surface area contributed by atoms with Crippen LogP contribution >= 0.6 is 0 Å². The molecule has 0 saturated heterocycles. The maximum absolute atomic E-state index is 11.2. The summed E-state index contributed by atoms with van der Waals surface area (Å²) in [5, 5.41) is 8.30. The lowest BCUT2D eigenvalue weighted by molar-refractivity contribution is 0.0421. The van der Waals surface area contributed by atoms with Gasteiger partial charge < -0.3 is 9.47 Å². The van der Waals surface area contributed by atoms with E-state index in [4.69, 9.17) is 14.7 Å². The van der Waals surface area contributed by atoms with Crippen LogP contribution in [0.4, 0.5) is 4.79 Å². The summed E-state index contributed by atoms with van der Waals surface area (Å²) in [6.07, 6.45) is 4.79. The third kappa shape index (κ3) is 9.68. The minimum Gasteiger partial charge on any atom is -0.434 e. The normalized spacial score (nSPS) is 11.6. The molecule has 1 unspecified atom stereocenters. The number of rotatable bonds is 9. The third-order valence-corrected chi connectivity index (χ3v) is 2.63. The van der Waals surface area contributed by atoms with E-state index in [1.807, 2.05) is 6.07 Å². The van der Waals surface area contributed by atoms with Crippen LogP contribution < -0.4 is 0 Å². The third-order valence-electron chi connectivity index (χ3n) is 2.63. The fourth-order valence-corrected chi connectivity index (χ4v) is 1.43. The predicted octanol–water partition coefficient (Wildman–Crippen LogP) is 3.66. The molecule has 0 aromatic rings. The second kappa shape index (κ2) is 11.3. The van der Waals surface area contributed by atoms with Crippen molar-refractivity contribution in [3.63, 3.8) is 0 Å². The summed E-state index contributed by atoms with van der Waals surface area (Å²) in [6, 6.07) is 1.99. The molecule has 0 aromatic carbocycles. The number of ether oxygens (including phenoxy) is 2. The fourth-order valence-electron chi connectivity index (χ4n) is 1.43. The maximum Gasteiger partial charge on any atom is 0.508 e. The van der Waals surface area contributed by atoms with Gasteiger partial charge in [-0.15, -0.1) is 0 Å². The first kappa shape index (κ1) is 15.8. The maximum atomic E-state index is 11.2. The minimum absolute atomic E-state index is 0.262. The number of hydrogen-bond donors (Lipinski definition) is 0. The summed E-state index contributed by atoms with van der Waals surface area (Å²) < 4.78 is 9.86. The molecule has 0 radical (unpaired) electrons. The number of hydrogen-bond acceptors (Lipinski definition) is 4. The Bertz CT molecular complexity index is 235. The molecular formula is C13H23NO3. The van der Waals surface area contributed by atoms with Gasteiger partial charge in [0.15, 0.2) is 0 Å². The molecule has 1 atom stereocenters. The lowest BCUT2D eigenvalue weighted by atomic mass is 10.0. The van der Waals surface area contributed by atoms with Crippen LogP contribution in [0.5, 0.6) is 0 Å². The van der Waals surface area contributed by atoms with Crippen LogP contribution in [0, 0.1) is 17.2 Å². The van der Waals surface area contributed by atoms with Gasteiger partial charge in [-0.3, -0.25) is 0 Å². The van der Waals surface area contributed by atoms with Crippen molar-refractivity contribution in [2.24, 2.45) is 5.92 Å². The lowest BCUT2D eigenvalue weighted by Gasteiger charge is -2.14. The summed E-state index contributed by atoms with van der Waals surface area (Å²) in [6.45, 7) is 4.95. The van der Waals surface area contributed by atoms with Crippen LogP contribution in [0.2, 0.25) is 0 Å². The first-order valence-corrected chi connectivity index (χ1v) is 6.41. The van der Waals surface area contributed by atoms with Gasteiger partial charge in [-0.2, -0.15) is 5.26 Å². The zero-order valence-corrected chi connectivity index (χ0v) is 10.9. The Hall–Kier alpha value is -1.24. The first-order valence-electron chi connectivity index (χ1n) is 6.41. The molecule has 0 aliphatic carbocycles. The van der Waals surface area contributed by atoms with Gasteiger partial charge in [-0.1, -0.05) is 33.1 Å². The Morgan fingerprint density at radius 1 is 1.29 bits per heavy atom. The van der Waals surface area contributed by atoms with Gasteiger partial charge in [0.2, 0.25) is 0 Å². The predicted molar refractivity (Wildman–Crippen MR) is 65.5 cm³/mol. The molecule has 0 N–H and O–H groups in total. The summed E-state index contributed by atoms with van der Waals surface area (Å²) in [5.41, 5.74) is 0. The Morgan fingerprint density at radius 2 is 2.06 bits per heavy atom. The second-order valence-corrected chi connectivity index (χ2v) is 4.09. The Labute approximate surface area is 104 Å². The fraction of sp³-hybridized carbons (Fsp3) is 0.846. The molecule has 0 spiro atoms. The van der Waals surface area contributed by atoms with Crippen LogP contribution in [0.15, 0.2) is 0 Å². The minimum atomic E-state index is -0.613. The van der Waals surface area contributed by atoms with E-state index >= 15 is 0 Å². The molecule has 0 amide bonds. The van der Waals surface area contributed by atoms with Crippen LogP contribution in [0.1, 0.15) is 52.4 Å².